The number of nitrogens with zero attached hydrogens (tertiary/aromatic N) is 1. The fourth-order valence-electron chi connectivity index (χ4n) is 1.83. The van der Waals surface area contributed by atoms with Crippen LogP contribution in [0.4, 0.5) is 4.79 Å². The predicted molar refractivity (Wildman–Crippen MR) is 55.2 cm³/mol. The van der Waals surface area contributed by atoms with Crippen LogP contribution in [-0.4, -0.2) is 41.8 Å². The van der Waals surface area contributed by atoms with E-state index < -0.39 is 0 Å². The van der Waals surface area contributed by atoms with Crippen LogP contribution in [0.25, 0.3) is 0 Å². The zero-order valence-electron chi connectivity index (χ0n) is 9.04. The molecule has 0 aromatic heterocycles. The summed E-state index contributed by atoms with van der Waals surface area (Å²) in [5.41, 5.74) is -0.383. The van der Waals surface area contributed by atoms with Gasteiger partial charge in [0.05, 0.1) is 6.04 Å². The van der Waals surface area contributed by atoms with Crippen LogP contribution in [0.15, 0.2) is 0 Å². The first-order valence-corrected chi connectivity index (χ1v) is 5.20. The average Bonchev–Trinajstić information content (AvgIpc) is 2.77. The molecule has 0 radical (unpaired) electrons. The zero-order chi connectivity index (χ0) is 10.3. The first-order chi connectivity index (χ1) is 6.47. The number of carbonyl (C=O) groups is 1. The lowest BCUT2D eigenvalue weighted by molar-refractivity contribution is 0.0208. The largest absolute Gasteiger partial charge is 0.444 e. The molecule has 2 atom stereocenters. The molecule has 14 heavy (non-hydrogen) atoms. The first kappa shape index (κ1) is 9.77. The molecule has 1 heterocycles. The number of hydrogen-bond donors (Lipinski definition) is 1. The van der Waals surface area contributed by atoms with Gasteiger partial charge in [0, 0.05) is 20.6 Å². The number of rotatable bonds is 0. The van der Waals surface area contributed by atoms with Gasteiger partial charge in [0.1, 0.15) is 5.60 Å². The van der Waals surface area contributed by atoms with Gasteiger partial charge >= 0.3 is 6.09 Å². The van der Waals surface area contributed by atoms with E-state index in [1.54, 1.807) is 0 Å². The van der Waals surface area contributed by atoms with Gasteiger partial charge in [-0.25, -0.2) is 4.79 Å². The summed E-state index contributed by atoms with van der Waals surface area (Å²) in [4.78, 5) is 13.6. The normalized spacial score (nSPS) is 30.9. The number of piperazine rings is 1. The van der Waals surface area contributed by atoms with Crippen molar-refractivity contribution in [3.05, 3.63) is 0 Å². The van der Waals surface area contributed by atoms with Crippen LogP contribution < -0.4 is 5.32 Å². The summed E-state index contributed by atoms with van der Waals surface area (Å²) >= 11 is 0. The van der Waals surface area contributed by atoms with E-state index in [1.165, 1.54) is 0 Å². The number of carbonyl (C=O) groups excluding carboxylic acids is 1. The molecule has 1 aliphatic heterocycles. The fourth-order valence-corrected chi connectivity index (χ4v) is 1.83. The Morgan fingerprint density at radius 2 is 2.29 bits per heavy atom. The van der Waals surface area contributed by atoms with Gasteiger partial charge in [-0.1, -0.05) is 0 Å². The molecule has 2 aliphatic rings. The molecule has 4 heteroatoms. The smallest absolute Gasteiger partial charge is 0.410 e. The molecule has 2 unspecified atom stereocenters. The summed E-state index contributed by atoms with van der Waals surface area (Å²) in [6.07, 6.45) is 0.922. The van der Waals surface area contributed by atoms with Crippen molar-refractivity contribution in [1.29, 1.82) is 0 Å². The van der Waals surface area contributed by atoms with Gasteiger partial charge in [0.25, 0.3) is 0 Å². The second kappa shape index (κ2) is 3.12. The Balaban J connectivity index is 0.00000112. The third-order valence-corrected chi connectivity index (χ3v) is 2.54. The van der Waals surface area contributed by atoms with Crippen molar-refractivity contribution in [3.8, 4) is 0 Å². The number of hydrogen-bond acceptors (Lipinski definition) is 3. The van der Waals surface area contributed by atoms with Crippen LogP contribution in [-0.2, 0) is 4.74 Å². The quantitative estimate of drug-likeness (QED) is 0.639. The number of ether oxygens (including phenoxy) is 1. The monoisotopic (exact) mass is 200 g/mol. The maximum absolute atomic E-state index is 11.7. The minimum absolute atomic E-state index is 0. The third-order valence-electron chi connectivity index (χ3n) is 2.54. The van der Waals surface area contributed by atoms with Crippen LogP contribution in [0.3, 0.4) is 0 Å². The number of amides is 1. The van der Waals surface area contributed by atoms with Gasteiger partial charge in [-0.05, 0) is 27.2 Å². The second-order valence-electron chi connectivity index (χ2n) is 5.04. The first-order valence-electron chi connectivity index (χ1n) is 5.20. The summed E-state index contributed by atoms with van der Waals surface area (Å²) in [7, 11) is 0. The van der Waals surface area contributed by atoms with E-state index in [-0.39, 0.29) is 13.1 Å². The summed E-state index contributed by atoms with van der Waals surface area (Å²) in [5.74, 6) is 0. The van der Waals surface area contributed by atoms with E-state index in [4.69, 9.17) is 4.74 Å². The molecule has 1 N–H and O–H groups in total. The van der Waals surface area contributed by atoms with Gasteiger partial charge in [-0.2, -0.15) is 0 Å². The average molecular weight is 200 g/mol. The van der Waals surface area contributed by atoms with Gasteiger partial charge in [0.15, 0.2) is 0 Å². The highest BCUT2D eigenvalue weighted by molar-refractivity contribution is 5.69. The Morgan fingerprint density at radius 1 is 1.57 bits per heavy atom. The van der Waals surface area contributed by atoms with Crippen LogP contribution in [0.5, 0.6) is 0 Å². The SMILES string of the molecule is CC(C)(C)OC(=O)N1CCNC2CC21.[HH]. The van der Waals surface area contributed by atoms with Gasteiger partial charge in [-0.3, -0.25) is 0 Å². The van der Waals surface area contributed by atoms with Gasteiger partial charge in [0.2, 0.25) is 0 Å². The van der Waals surface area contributed by atoms with Gasteiger partial charge < -0.3 is 15.0 Å². The van der Waals surface area contributed by atoms with E-state index in [0.717, 1.165) is 19.5 Å². The van der Waals surface area contributed by atoms with Crippen molar-refractivity contribution in [2.75, 3.05) is 13.1 Å². The highest BCUT2D eigenvalue weighted by Gasteiger charge is 2.47. The summed E-state index contributed by atoms with van der Waals surface area (Å²) < 4.78 is 5.33. The van der Waals surface area contributed by atoms with Gasteiger partial charge in [-0.15, -0.1) is 0 Å². The Labute approximate surface area is 86.1 Å². The molecule has 0 bridgehead atoms. The minimum Gasteiger partial charge on any atom is -0.444 e. The molecule has 1 aliphatic carbocycles. The van der Waals surface area contributed by atoms with E-state index >= 15 is 0 Å². The summed E-state index contributed by atoms with van der Waals surface area (Å²) in [6, 6.07) is 0.912. The lowest BCUT2D eigenvalue weighted by atomic mass is 10.2. The molecule has 82 valence electrons. The summed E-state index contributed by atoms with van der Waals surface area (Å²) in [5, 5.41) is 3.35. The van der Waals surface area contributed by atoms with E-state index in [1.807, 2.05) is 25.7 Å². The highest BCUT2D eigenvalue weighted by Crippen LogP contribution is 2.31. The van der Waals surface area contributed by atoms with Crippen molar-refractivity contribution in [2.45, 2.75) is 44.9 Å². The van der Waals surface area contributed by atoms with Crippen LogP contribution >= 0.6 is 0 Å². The lowest BCUT2D eigenvalue weighted by Gasteiger charge is -2.30. The van der Waals surface area contributed by atoms with E-state index in [2.05, 4.69) is 5.32 Å². The van der Waals surface area contributed by atoms with E-state index in [9.17, 15) is 4.79 Å². The Hall–Kier alpha value is -0.770. The second-order valence-corrected chi connectivity index (χ2v) is 5.04. The van der Waals surface area contributed by atoms with Crippen molar-refractivity contribution >= 4 is 6.09 Å². The number of nitrogens with one attached hydrogen (secondary N) is 1. The zero-order valence-corrected chi connectivity index (χ0v) is 9.04. The molecular weight excluding hydrogens is 180 g/mol. The Bertz CT molecular complexity index is 252. The summed E-state index contributed by atoms with van der Waals surface area (Å²) in [6.45, 7) is 7.36. The highest BCUT2D eigenvalue weighted by atomic mass is 16.6. The molecule has 0 aromatic rings. The molecule has 0 aromatic carbocycles. The molecule has 1 saturated carbocycles. The predicted octanol–water partition coefficient (Wildman–Crippen LogP) is 1.21. The Morgan fingerprint density at radius 3 is 2.93 bits per heavy atom. The van der Waals surface area contributed by atoms with Crippen LogP contribution in [0.1, 0.15) is 28.6 Å². The minimum atomic E-state index is -0.383. The Kier molecular flexibility index (Phi) is 2.18. The van der Waals surface area contributed by atoms with E-state index in [0.29, 0.717) is 12.1 Å². The van der Waals surface area contributed by atoms with Crippen molar-refractivity contribution in [3.63, 3.8) is 0 Å². The molecule has 1 amide bonds. The lowest BCUT2D eigenvalue weighted by Crippen LogP contribution is -2.48. The van der Waals surface area contributed by atoms with Crippen molar-refractivity contribution < 1.29 is 11.0 Å². The number of fused-ring (bicyclic) bond motifs is 1. The topological polar surface area (TPSA) is 41.6 Å². The molecule has 2 rings (SSSR count). The maximum atomic E-state index is 11.7. The van der Waals surface area contributed by atoms with Crippen LogP contribution in [0, 0.1) is 0 Å². The molecule has 1 saturated heterocycles. The standard InChI is InChI=1S/C10H18N2O2.H2/c1-10(2,3)14-9(13)12-5-4-11-7-6-8(7)12;/h7-8,11H,4-6H2,1-3H3;1H. The molecule has 4 nitrogen and oxygen atoms in total. The fraction of sp³-hybridized carbons (Fsp3) is 0.900. The molecule has 2 fully saturated rings. The third kappa shape index (κ3) is 2.00. The van der Waals surface area contributed by atoms with Crippen LogP contribution in [0.2, 0.25) is 0 Å². The van der Waals surface area contributed by atoms with Crippen molar-refractivity contribution in [2.24, 2.45) is 0 Å². The van der Waals surface area contributed by atoms with Crippen molar-refractivity contribution in [1.82, 2.24) is 10.2 Å². The molecular formula is C10H20N2O2. The maximum Gasteiger partial charge on any atom is 0.410 e. The molecule has 0 spiro atoms.